The molecule has 1 amide bonds. The Kier molecular flexibility index (Phi) is 2.36. The van der Waals surface area contributed by atoms with E-state index in [2.05, 4.69) is 0 Å². The molecule has 0 aromatic carbocycles. The van der Waals surface area contributed by atoms with E-state index in [9.17, 15) is 9.59 Å². The monoisotopic (exact) mass is 227 g/mol. The second-order valence-electron chi connectivity index (χ2n) is 5.54. The minimum absolute atomic E-state index is 0.0935. The predicted octanol–water partition coefficient (Wildman–Crippen LogP) is 1.47. The van der Waals surface area contributed by atoms with Crippen molar-refractivity contribution >= 4 is 12.1 Å². The molecule has 16 heavy (non-hydrogen) atoms. The molecule has 1 N–H and O–H groups in total. The molecule has 3 atom stereocenters. The number of carbonyl (C=O) groups is 2. The minimum Gasteiger partial charge on any atom is -0.480 e. The lowest BCUT2D eigenvalue weighted by Gasteiger charge is -2.28. The van der Waals surface area contributed by atoms with Crippen molar-refractivity contribution in [2.24, 2.45) is 5.92 Å². The highest BCUT2D eigenvalue weighted by atomic mass is 16.6. The van der Waals surface area contributed by atoms with Crippen molar-refractivity contribution in [2.75, 3.05) is 0 Å². The summed E-state index contributed by atoms with van der Waals surface area (Å²) in [4.78, 5) is 24.3. The molecule has 0 unspecified atom stereocenters. The number of rotatable bonds is 1. The second-order valence-corrected chi connectivity index (χ2v) is 5.54. The first-order valence-corrected chi connectivity index (χ1v) is 5.54. The smallest absolute Gasteiger partial charge is 0.411 e. The van der Waals surface area contributed by atoms with Gasteiger partial charge < -0.3 is 9.84 Å². The highest BCUT2D eigenvalue weighted by Crippen LogP contribution is 2.48. The van der Waals surface area contributed by atoms with Crippen molar-refractivity contribution in [1.82, 2.24) is 4.90 Å². The van der Waals surface area contributed by atoms with Gasteiger partial charge in [-0.2, -0.15) is 0 Å². The lowest BCUT2D eigenvalue weighted by Crippen LogP contribution is -2.45. The van der Waals surface area contributed by atoms with E-state index < -0.39 is 23.7 Å². The third-order valence-corrected chi connectivity index (χ3v) is 2.99. The first kappa shape index (κ1) is 11.2. The van der Waals surface area contributed by atoms with Crippen molar-refractivity contribution in [3.8, 4) is 0 Å². The molecule has 5 nitrogen and oxygen atoms in total. The van der Waals surface area contributed by atoms with Gasteiger partial charge in [-0.05, 0) is 39.5 Å². The molecule has 90 valence electrons. The van der Waals surface area contributed by atoms with Crippen LogP contribution >= 0.6 is 0 Å². The Morgan fingerprint density at radius 2 is 1.94 bits per heavy atom. The van der Waals surface area contributed by atoms with Gasteiger partial charge in [0.15, 0.2) is 0 Å². The molecule has 0 bridgehead atoms. The molecular formula is C11H17NO4. The third-order valence-electron chi connectivity index (χ3n) is 2.99. The van der Waals surface area contributed by atoms with Gasteiger partial charge >= 0.3 is 12.1 Å². The highest BCUT2D eigenvalue weighted by molar-refractivity contribution is 5.82. The minimum atomic E-state index is -0.932. The Morgan fingerprint density at radius 1 is 1.31 bits per heavy atom. The Labute approximate surface area is 94.4 Å². The van der Waals surface area contributed by atoms with Gasteiger partial charge in [0, 0.05) is 6.04 Å². The number of amides is 1. The summed E-state index contributed by atoms with van der Waals surface area (Å²) in [7, 11) is 0. The molecule has 0 radical (unpaired) electrons. The SMILES string of the molecule is CC(C)(C)OC(=O)N1[C@@H](C(=O)O)C[C@@H]2C[C@H]21. The maximum Gasteiger partial charge on any atom is 0.411 e. The Morgan fingerprint density at radius 3 is 2.44 bits per heavy atom. The number of hydrogen-bond donors (Lipinski definition) is 1. The van der Waals surface area contributed by atoms with E-state index in [-0.39, 0.29) is 6.04 Å². The summed E-state index contributed by atoms with van der Waals surface area (Å²) in [6.07, 6.45) is 0.993. The summed E-state index contributed by atoms with van der Waals surface area (Å²) in [6.45, 7) is 5.34. The average molecular weight is 227 g/mol. The number of carboxylic acids is 1. The summed E-state index contributed by atoms with van der Waals surface area (Å²) < 4.78 is 5.22. The lowest BCUT2D eigenvalue weighted by molar-refractivity contribution is -0.142. The molecule has 5 heteroatoms. The quantitative estimate of drug-likeness (QED) is 0.736. The number of aliphatic carboxylic acids is 1. The number of fused-ring (bicyclic) bond motifs is 1. The number of carboxylic acid groups (broad SMARTS) is 1. The Bertz CT molecular complexity index is 333. The summed E-state index contributed by atoms with van der Waals surface area (Å²) in [5.74, 6) is -0.563. The summed E-state index contributed by atoms with van der Waals surface area (Å²) in [6, 6.07) is -0.602. The van der Waals surface area contributed by atoms with Crippen LogP contribution in [0.15, 0.2) is 0 Å². The number of nitrogens with zero attached hydrogens (tertiary/aromatic N) is 1. The molecule has 2 aliphatic rings. The van der Waals surface area contributed by atoms with Crippen molar-refractivity contribution < 1.29 is 19.4 Å². The van der Waals surface area contributed by atoms with Crippen molar-refractivity contribution in [3.05, 3.63) is 0 Å². The zero-order chi connectivity index (χ0) is 12.1. The fraction of sp³-hybridized carbons (Fsp3) is 0.818. The molecule has 1 aliphatic carbocycles. The van der Waals surface area contributed by atoms with Gasteiger partial charge in [-0.25, -0.2) is 9.59 Å². The Balaban J connectivity index is 2.07. The number of ether oxygens (including phenoxy) is 1. The van der Waals surface area contributed by atoms with Crippen LogP contribution in [-0.4, -0.2) is 39.8 Å². The Hall–Kier alpha value is -1.26. The van der Waals surface area contributed by atoms with Crippen LogP contribution in [0.5, 0.6) is 0 Å². The molecular weight excluding hydrogens is 210 g/mol. The molecule has 1 saturated heterocycles. The first-order valence-electron chi connectivity index (χ1n) is 5.54. The van der Waals surface area contributed by atoms with Crippen LogP contribution in [0.1, 0.15) is 33.6 Å². The van der Waals surface area contributed by atoms with Gasteiger partial charge in [0.2, 0.25) is 0 Å². The number of hydrogen-bond acceptors (Lipinski definition) is 3. The molecule has 0 aromatic rings. The van der Waals surface area contributed by atoms with Gasteiger partial charge in [0.25, 0.3) is 0 Å². The van der Waals surface area contributed by atoms with Gasteiger partial charge in [0.05, 0.1) is 0 Å². The fourth-order valence-electron chi connectivity index (χ4n) is 2.25. The second kappa shape index (κ2) is 3.37. The maximum absolute atomic E-state index is 11.9. The van der Waals surface area contributed by atoms with E-state index in [4.69, 9.17) is 9.84 Å². The van der Waals surface area contributed by atoms with Crippen LogP contribution in [-0.2, 0) is 9.53 Å². The number of likely N-dealkylation sites (tertiary alicyclic amines) is 1. The van der Waals surface area contributed by atoms with Gasteiger partial charge in [-0.15, -0.1) is 0 Å². The molecule has 2 rings (SSSR count). The molecule has 0 spiro atoms. The topological polar surface area (TPSA) is 66.8 Å². The van der Waals surface area contributed by atoms with Crippen LogP contribution in [0, 0.1) is 5.92 Å². The third kappa shape index (κ3) is 1.99. The van der Waals surface area contributed by atoms with Crippen LogP contribution < -0.4 is 0 Å². The molecule has 0 aromatic heterocycles. The fourth-order valence-corrected chi connectivity index (χ4v) is 2.25. The highest BCUT2D eigenvalue weighted by Gasteiger charge is 2.57. The van der Waals surface area contributed by atoms with Crippen LogP contribution in [0.2, 0.25) is 0 Å². The van der Waals surface area contributed by atoms with Crippen molar-refractivity contribution in [1.29, 1.82) is 0 Å². The van der Waals surface area contributed by atoms with Gasteiger partial charge in [0.1, 0.15) is 11.6 Å². The van der Waals surface area contributed by atoms with Crippen LogP contribution in [0.25, 0.3) is 0 Å². The average Bonchev–Trinajstić information content (AvgIpc) is 2.73. The molecule has 1 heterocycles. The predicted molar refractivity (Wildman–Crippen MR) is 56.0 cm³/mol. The van der Waals surface area contributed by atoms with E-state index in [0.717, 1.165) is 6.42 Å². The van der Waals surface area contributed by atoms with Crippen molar-refractivity contribution in [3.63, 3.8) is 0 Å². The summed E-state index contributed by atoms with van der Waals surface area (Å²) >= 11 is 0. The summed E-state index contributed by atoms with van der Waals surface area (Å²) in [5.41, 5.74) is -0.576. The van der Waals surface area contributed by atoms with Gasteiger partial charge in [-0.3, -0.25) is 4.90 Å². The van der Waals surface area contributed by atoms with Gasteiger partial charge in [-0.1, -0.05) is 0 Å². The van der Waals surface area contributed by atoms with E-state index in [0.29, 0.717) is 12.3 Å². The van der Waals surface area contributed by atoms with Crippen molar-refractivity contribution in [2.45, 2.75) is 51.3 Å². The first-order chi connectivity index (χ1) is 7.29. The van der Waals surface area contributed by atoms with Crippen LogP contribution in [0.3, 0.4) is 0 Å². The lowest BCUT2D eigenvalue weighted by atomic mass is 10.2. The standard InChI is InChI=1S/C11H17NO4/c1-11(2,3)16-10(15)12-7-4-6(7)5-8(12)9(13)14/h6-8H,4-5H2,1-3H3,(H,13,14)/t6-,7+,8+/m0/s1. The zero-order valence-corrected chi connectivity index (χ0v) is 9.77. The number of carbonyl (C=O) groups excluding carboxylic acids is 1. The number of piperidine rings is 1. The maximum atomic E-state index is 11.9. The molecule has 1 saturated carbocycles. The van der Waals surface area contributed by atoms with E-state index in [1.54, 1.807) is 20.8 Å². The van der Waals surface area contributed by atoms with E-state index in [1.807, 2.05) is 0 Å². The van der Waals surface area contributed by atoms with Crippen LogP contribution in [0.4, 0.5) is 4.79 Å². The summed E-state index contributed by atoms with van der Waals surface area (Å²) in [5, 5.41) is 9.02. The molecule has 1 aliphatic heterocycles. The van der Waals surface area contributed by atoms with E-state index >= 15 is 0 Å². The van der Waals surface area contributed by atoms with E-state index in [1.165, 1.54) is 4.90 Å². The zero-order valence-electron chi connectivity index (χ0n) is 9.77. The largest absolute Gasteiger partial charge is 0.480 e. The molecule has 2 fully saturated rings. The normalized spacial score (nSPS) is 32.2.